The van der Waals surface area contributed by atoms with Gasteiger partial charge in [0.1, 0.15) is 0 Å². The molecule has 3 nitrogen and oxygen atoms in total. The molecule has 5 heteroatoms. The Morgan fingerprint density at radius 1 is 1.33 bits per heavy atom. The molecule has 1 heterocycles. The van der Waals surface area contributed by atoms with Crippen molar-refractivity contribution in [3.8, 4) is 0 Å². The molecule has 0 bridgehead atoms. The lowest BCUT2D eigenvalue weighted by Gasteiger charge is -2.07. The lowest BCUT2D eigenvalue weighted by Crippen LogP contribution is -2.14. The number of nitrogens with one attached hydrogen (secondary N) is 1. The molecule has 1 N–H and O–H groups in total. The summed E-state index contributed by atoms with van der Waals surface area (Å²) in [5.74, 6) is 1.32. The highest BCUT2D eigenvalue weighted by Gasteiger charge is 2.04. The Balaban J connectivity index is 1.71. The number of hydrogen-bond donors (Lipinski definition) is 1. The number of anilines is 1. The van der Waals surface area contributed by atoms with E-state index < -0.39 is 0 Å². The van der Waals surface area contributed by atoms with Gasteiger partial charge in [-0.25, -0.2) is 0 Å². The molecule has 0 aliphatic rings. The maximum atomic E-state index is 11.8. The smallest absolute Gasteiger partial charge is 0.234 e. The zero-order valence-corrected chi connectivity index (χ0v) is 13.4. The number of hydrogen-bond acceptors (Lipinski definition) is 3. The van der Waals surface area contributed by atoms with Crippen LogP contribution in [0.5, 0.6) is 0 Å². The van der Waals surface area contributed by atoms with E-state index in [1.54, 1.807) is 24.0 Å². The van der Waals surface area contributed by atoms with Gasteiger partial charge in [0.2, 0.25) is 5.91 Å². The average Bonchev–Trinajstić information content (AvgIpc) is 2.49. The van der Waals surface area contributed by atoms with E-state index in [4.69, 9.17) is 11.6 Å². The van der Waals surface area contributed by atoms with E-state index in [-0.39, 0.29) is 5.91 Å². The van der Waals surface area contributed by atoms with Crippen LogP contribution in [0.1, 0.15) is 11.3 Å². The normalized spacial score (nSPS) is 10.4. The summed E-state index contributed by atoms with van der Waals surface area (Å²) in [7, 11) is 0. The molecule has 0 saturated heterocycles. The molecule has 0 saturated carbocycles. The third-order valence-corrected chi connectivity index (χ3v) is 4.29. The molecular weight excluding hydrogens is 304 g/mol. The minimum Gasteiger partial charge on any atom is -0.325 e. The topological polar surface area (TPSA) is 42.0 Å². The molecule has 2 rings (SSSR count). The van der Waals surface area contributed by atoms with Crippen LogP contribution >= 0.6 is 23.4 Å². The summed E-state index contributed by atoms with van der Waals surface area (Å²) in [6.07, 6.45) is 2.66. The molecular formula is C16H17ClN2OS. The summed E-state index contributed by atoms with van der Waals surface area (Å²) in [6.45, 7) is 1.92. The van der Waals surface area contributed by atoms with Gasteiger partial charge < -0.3 is 5.32 Å². The van der Waals surface area contributed by atoms with Crippen molar-refractivity contribution in [2.24, 2.45) is 0 Å². The zero-order valence-electron chi connectivity index (χ0n) is 11.8. The number of benzene rings is 1. The van der Waals surface area contributed by atoms with Crippen LogP contribution in [0.4, 0.5) is 5.69 Å². The first-order valence-corrected chi connectivity index (χ1v) is 8.22. The number of nitrogens with zero attached hydrogens (tertiary/aromatic N) is 1. The lowest BCUT2D eigenvalue weighted by molar-refractivity contribution is -0.113. The van der Waals surface area contributed by atoms with Crippen LogP contribution in [-0.4, -0.2) is 22.4 Å². The Morgan fingerprint density at radius 3 is 2.90 bits per heavy atom. The number of halogens is 1. The van der Waals surface area contributed by atoms with Gasteiger partial charge in [0.05, 0.1) is 5.75 Å². The molecule has 0 radical (unpaired) electrons. The minimum atomic E-state index is 0.00254. The SMILES string of the molecule is Cc1cc(NC(=O)CSCCc2ccccn2)ccc1Cl. The standard InChI is InChI=1S/C16H17ClN2OS/c1-12-10-14(5-6-15(12)17)19-16(20)11-21-9-7-13-4-2-3-8-18-13/h2-6,8,10H,7,9,11H2,1H3,(H,19,20). The summed E-state index contributed by atoms with van der Waals surface area (Å²) < 4.78 is 0. The van der Waals surface area contributed by atoms with Crippen LogP contribution < -0.4 is 5.32 Å². The summed E-state index contributed by atoms with van der Waals surface area (Å²) in [6, 6.07) is 11.4. The van der Waals surface area contributed by atoms with Gasteiger partial charge in [-0.05, 0) is 55.0 Å². The van der Waals surface area contributed by atoms with Crippen molar-refractivity contribution in [2.45, 2.75) is 13.3 Å². The van der Waals surface area contributed by atoms with Crippen molar-refractivity contribution in [2.75, 3.05) is 16.8 Å². The Bertz CT molecular complexity index is 604. The van der Waals surface area contributed by atoms with E-state index in [0.717, 1.165) is 29.1 Å². The molecule has 0 atom stereocenters. The van der Waals surface area contributed by atoms with Gasteiger partial charge in [-0.1, -0.05) is 17.7 Å². The number of thioether (sulfide) groups is 1. The van der Waals surface area contributed by atoms with Crippen LogP contribution in [0.15, 0.2) is 42.6 Å². The predicted molar refractivity (Wildman–Crippen MR) is 90.1 cm³/mol. The van der Waals surface area contributed by atoms with Gasteiger partial charge in [0, 0.05) is 22.6 Å². The number of carbonyl (C=O) groups is 1. The quantitative estimate of drug-likeness (QED) is 0.819. The Labute approximate surface area is 134 Å². The summed E-state index contributed by atoms with van der Waals surface area (Å²) in [4.78, 5) is 16.1. The van der Waals surface area contributed by atoms with E-state index in [1.165, 1.54) is 0 Å². The van der Waals surface area contributed by atoms with E-state index in [1.807, 2.05) is 37.3 Å². The summed E-state index contributed by atoms with van der Waals surface area (Å²) >= 11 is 7.56. The van der Waals surface area contributed by atoms with Crippen molar-refractivity contribution in [1.82, 2.24) is 4.98 Å². The van der Waals surface area contributed by atoms with Crippen LogP contribution in [0.2, 0.25) is 5.02 Å². The van der Waals surface area contributed by atoms with Gasteiger partial charge >= 0.3 is 0 Å². The largest absolute Gasteiger partial charge is 0.325 e. The molecule has 0 aliphatic heterocycles. The second-order valence-corrected chi connectivity index (χ2v) is 6.15. The van der Waals surface area contributed by atoms with E-state index in [2.05, 4.69) is 10.3 Å². The minimum absolute atomic E-state index is 0.00254. The number of carbonyl (C=O) groups excluding carboxylic acids is 1. The third kappa shape index (κ3) is 5.40. The van der Waals surface area contributed by atoms with Crippen molar-refractivity contribution in [3.63, 3.8) is 0 Å². The first kappa shape index (κ1) is 15.9. The van der Waals surface area contributed by atoms with E-state index >= 15 is 0 Å². The number of aryl methyl sites for hydroxylation is 2. The molecule has 1 aromatic heterocycles. The van der Waals surface area contributed by atoms with Gasteiger partial charge in [-0.2, -0.15) is 11.8 Å². The Morgan fingerprint density at radius 2 is 2.19 bits per heavy atom. The second kappa shape index (κ2) is 8.05. The highest BCUT2D eigenvalue weighted by atomic mass is 35.5. The van der Waals surface area contributed by atoms with Crippen molar-refractivity contribution in [3.05, 3.63) is 58.9 Å². The monoisotopic (exact) mass is 320 g/mol. The van der Waals surface area contributed by atoms with Crippen LogP contribution in [0.25, 0.3) is 0 Å². The Hall–Kier alpha value is -1.52. The van der Waals surface area contributed by atoms with E-state index in [9.17, 15) is 4.79 Å². The fraction of sp³-hybridized carbons (Fsp3) is 0.250. The summed E-state index contributed by atoms with van der Waals surface area (Å²) in [5, 5.41) is 3.58. The van der Waals surface area contributed by atoms with Gasteiger partial charge in [0.15, 0.2) is 0 Å². The van der Waals surface area contributed by atoms with Crippen LogP contribution in [-0.2, 0) is 11.2 Å². The van der Waals surface area contributed by atoms with E-state index in [0.29, 0.717) is 10.8 Å². The predicted octanol–water partition coefficient (Wildman–Crippen LogP) is 3.96. The molecule has 0 fully saturated rings. The zero-order chi connectivity index (χ0) is 15.1. The summed E-state index contributed by atoms with van der Waals surface area (Å²) in [5.41, 5.74) is 2.79. The molecule has 2 aromatic rings. The first-order chi connectivity index (χ1) is 10.1. The van der Waals surface area contributed by atoms with Crippen molar-refractivity contribution >= 4 is 35.0 Å². The van der Waals surface area contributed by atoms with Crippen molar-refractivity contribution in [1.29, 1.82) is 0 Å². The van der Waals surface area contributed by atoms with Crippen LogP contribution in [0, 0.1) is 6.92 Å². The first-order valence-electron chi connectivity index (χ1n) is 6.69. The average molecular weight is 321 g/mol. The molecule has 0 aliphatic carbocycles. The molecule has 0 unspecified atom stereocenters. The number of aromatic nitrogens is 1. The second-order valence-electron chi connectivity index (χ2n) is 4.64. The highest BCUT2D eigenvalue weighted by Crippen LogP contribution is 2.19. The lowest BCUT2D eigenvalue weighted by atomic mass is 10.2. The molecule has 1 amide bonds. The van der Waals surface area contributed by atoms with Gasteiger partial charge in [0.25, 0.3) is 0 Å². The fourth-order valence-corrected chi connectivity index (χ4v) is 2.68. The fourth-order valence-electron chi connectivity index (χ4n) is 1.81. The highest BCUT2D eigenvalue weighted by molar-refractivity contribution is 7.99. The molecule has 1 aromatic carbocycles. The number of rotatable bonds is 6. The Kier molecular flexibility index (Phi) is 6.08. The molecule has 21 heavy (non-hydrogen) atoms. The maximum Gasteiger partial charge on any atom is 0.234 e. The number of pyridine rings is 1. The molecule has 110 valence electrons. The maximum absolute atomic E-state index is 11.8. The van der Waals surface area contributed by atoms with Crippen LogP contribution in [0.3, 0.4) is 0 Å². The third-order valence-electron chi connectivity index (χ3n) is 2.90. The number of amides is 1. The van der Waals surface area contributed by atoms with Gasteiger partial charge in [-0.3, -0.25) is 9.78 Å². The molecule has 0 spiro atoms. The van der Waals surface area contributed by atoms with Crippen molar-refractivity contribution < 1.29 is 4.79 Å². The van der Waals surface area contributed by atoms with Gasteiger partial charge in [-0.15, -0.1) is 0 Å².